The average Bonchev–Trinajstić information content (AvgIpc) is 2.68. The molecule has 3 rings (SSSR count). The molecular weight excluding hydrogens is 336 g/mol. The monoisotopic (exact) mass is 362 g/mol. The zero-order valence-corrected chi connectivity index (χ0v) is 15.8. The second-order valence-corrected chi connectivity index (χ2v) is 6.48. The molecule has 0 aromatic heterocycles. The van der Waals surface area contributed by atoms with E-state index < -0.39 is 0 Å². The van der Waals surface area contributed by atoms with Gasteiger partial charge in [0, 0.05) is 24.5 Å². The van der Waals surface area contributed by atoms with Gasteiger partial charge in [-0.2, -0.15) is 0 Å². The fourth-order valence-corrected chi connectivity index (χ4v) is 2.60. The molecule has 0 amide bonds. The fourth-order valence-electron chi connectivity index (χ4n) is 2.60. The van der Waals surface area contributed by atoms with Crippen LogP contribution in [-0.2, 0) is 0 Å². The van der Waals surface area contributed by atoms with Crippen molar-refractivity contribution in [2.75, 3.05) is 23.7 Å². The van der Waals surface area contributed by atoms with E-state index in [1.165, 1.54) is 0 Å². The Hall–Kier alpha value is -3.14. The third-order valence-electron chi connectivity index (χ3n) is 3.84. The molecule has 0 saturated heterocycles. The van der Waals surface area contributed by atoms with E-state index in [4.69, 9.17) is 9.47 Å². The Kier molecular flexibility index (Phi) is 6.58. The highest BCUT2D eigenvalue weighted by atomic mass is 16.5. The summed E-state index contributed by atoms with van der Waals surface area (Å²) in [7, 11) is 0. The lowest BCUT2D eigenvalue weighted by atomic mass is 10.3. The van der Waals surface area contributed by atoms with Crippen molar-refractivity contribution in [2.45, 2.75) is 20.0 Å². The van der Waals surface area contributed by atoms with Crippen molar-refractivity contribution in [3.63, 3.8) is 0 Å². The first-order valence-electron chi connectivity index (χ1n) is 9.26. The van der Waals surface area contributed by atoms with Gasteiger partial charge in [0.15, 0.2) is 0 Å². The lowest BCUT2D eigenvalue weighted by molar-refractivity contribution is 0.242. The van der Waals surface area contributed by atoms with Gasteiger partial charge in [-0.15, -0.1) is 0 Å². The van der Waals surface area contributed by atoms with Crippen LogP contribution in [0.3, 0.4) is 0 Å². The van der Waals surface area contributed by atoms with Crippen molar-refractivity contribution in [1.29, 1.82) is 0 Å². The molecule has 0 radical (unpaired) electrons. The molecule has 0 heterocycles. The summed E-state index contributed by atoms with van der Waals surface area (Å²) in [6.45, 7) is 5.70. The molecule has 3 aromatic carbocycles. The zero-order chi connectivity index (χ0) is 18.9. The lowest BCUT2D eigenvalue weighted by Gasteiger charge is -2.12. The maximum Gasteiger partial charge on any atom is 0.127 e. The maximum absolute atomic E-state index is 5.80. The highest BCUT2D eigenvalue weighted by Crippen LogP contribution is 2.22. The van der Waals surface area contributed by atoms with E-state index in [0.717, 1.165) is 41.7 Å². The van der Waals surface area contributed by atoms with Gasteiger partial charge in [0.25, 0.3) is 0 Å². The first-order chi connectivity index (χ1) is 13.2. The normalized spacial score (nSPS) is 10.5. The predicted octanol–water partition coefficient (Wildman–Crippen LogP) is 5.79. The third kappa shape index (κ3) is 6.26. The molecule has 0 aliphatic rings. The van der Waals surface area contributed by atoms with Gasteiger partial charge >= 0.3 is 0 Å². The maximum atomic E-state index is 5.80. The van der Waals surface area contributed by atoms with E-state index in [9.17, 15) is 0 Å². The summed E-state index contributed by atoms with van der Waals surface area (Å²) in [6, 6.07) is 25.8. The minimum Gasteiger partial charge on any atom is -0.491 e. The van der Waals surface area contributed by atoms with Crippen LogP contribution in [0, 0.1) is 0 Å². The molecule has 27 heavy (non-hydrogen) atoms. The SMILES string of the molecule is CC(C)Oc1ccc(NCCNc2ccc(Oc3ccccc3)cc2)cc1. The molecule has 0 saturated carbocycles. The van der Waals surface area contributed by atoms with Crippen LogP contribution in [0.15, 0.2) is 78.9 Å². The quantitative estimate of drug-likeness (QED) is 0.473. The predicted molar refractivity (Wildman–Crippen MR) is 112 cm³/mol. The van der Waals surface area contributed by atoms with Gasteiger partial charge in [0.2, 0.25) is 0 Å². The van der Waals surface area contributed by atoms with Crippen molar-refractivity contribution in [1.82, 2.24) is 0 Å². The van der Waals surface area contributed by atoms with Gasteiger partial charge in [-0.1, -0.05) is 18.2 Å². The molecule has 0 aliphatic carbocycles. The van der Waals surface area contributed by atoms with Crippen molar-refractivity contribution >= 4 is 11.4 Å². The number of anilines is 2. The Bertz CT molecular complexity index is 800. The van der Waals surface area contributed by atoms with Gasteiger partial charge in [-0.25, -0.2) is 0 Å². The van der Waals surface area contributed by atoms with E-state index in [1.807, 2.05) is 92.7 Å². The number of nitrogens with one attached hydrogen (secondary N) is 2. The summed E-state index contributed by atoms with van der Waals surface area (Å²) < 4.78 is 11.4. The fraction of sp³-hybridized carbons (Fsp3) is 0.217. The van der Waals surface area contributed by atoms with Gasteiger partial charge in [-0.05, 0) is 74.5 Å². The zero-order valence-electron chi connectivity index (χ0n) is 15.8. The van der Waals surface area contributed by atoms with Crippen LogP contribution in [0.2, 0.25) is 0 Å². The summed E-state index contributed by atoms with van der Waals surface area (Å²) >= 11 is 0. The Balaban J connectivity index is 1.40. The topological polar surface area (TPSA) is 42.5 Å². The number of hydrogen-bond acceptors (Lipinski definition) is 4. The first-order valence-corrected chi connectivity index (χ1v) is 9.26. The second-order valence-electron chi connectivity index (χ2n) is 6.48. The summed E-state index contributed by atoms with van der Waals surface area (Å²) in [5, 5.41) is 6.80. The number of hydrogen-bond donors (Lipinski definition) is 2. The summed E-state index contributed by atoms with van der Waals surface area (Å²) in [6.07, 6.45) is 0.192. The Labute approximate surface area is 161 Å². The van der Waals surface area contributed by atoms with Crippen LogP contribution in [0.4, 0.5) is 11.4 Å². The van der Waals surface area contributed by atoms with E-state index in [-0.39, 0.29) is 6.10 Å². The van der Waals surface area contributed by atoms with E-state index >= 15 is 0 Å². The first kappa shape index (κ1) is 18.6. The largest absolute Gasteiger partial charge is 0.491 e. The van der Waals surface area contributed by atoms with Gasteiger partial charge < -0.3 is 20.1 Å². The Morgan fingerprint density at radius 1 is 0.630 bits per heavy atom. The average molecular weight is 362 g/mol. The van der Waals surface area contributed by atoms with Gasteiger partial charge in [-0.3, -0.25) is 0 Å². The van der Waals surface area contributed by atoms with Crippen molar-refractivity contribution in [3.8, 4) is 17.2 Å². The summed E-state index contributed by atoms with van der Waals surface area (Å²) in [4.78, 5) is 0. The number of para-hydroxylation sites is 1. The van der Waals surface area contributed by atoms with Crippen LogP contribution in [0.25, 0.3) is 0 Å². The van der Waals surface area contributed by atoms with Crippen molar-refractivity contribution in [2.24, 2.45) is 0 Å². The molecular formula is C23H26N2O2. The van der Waals surface area contributed by atoms with Crippen LogP contribution in [0.1, 0.15) is 13.8 Å². The van der Waals surface area contributed by atoms with Gasteiger partial charge in [0.05, 0.1) is 6.10 Å². The van der Waals surface area contributed by atoms with Crippen LogP contribution in [-0.4, -0.2) is 19.2 Å². The Morgan fingerprint density at radius 2 is 1.11 bits per heavy atom. The molecule has 0 atom stereocenters. The van der Waals surface area contributed by atoms with Crippen molar-refractivity contribution in [3.05, 3.63) is 78.9 Å². The molecule has 0 fully saturated rings. The minimum absolute atomic E-state index is 0.192. The molecule has 0 spiro atoms. The molecule has 140 valence electrons. The highest BCUT2D eigenvalue weighted by molar-refractivity contribution is 5.49. The van der Waals surface area contributed by atoms with E-state index in [0.29, 0.717) is 0 Å². The van der Waals surface area contributed by atoms with Crippen LogP contribution in [0.5, 0.6) is 17.2 Å². The minimum atomic E-state index is 0.192. The third-order valence-corrected chi connectivity index (χ3v) is 3.84. The van der Waals surface area contributed by atoms with Crippen LogP contribution >= 0.6 is 0 Å². The second kappa shape index (κ2) is 9.53. The van der Waals surface area contributed by atoms with E-state index in [2.05, 4.69) is 10.6 Å². The smallest absolute Gasteiger partial charge is 0.127 e. The number of ether oxygens (including phenoxy) is 2. The molecule has 3 aromatic rings. The van der Waals surface area contributed by atoms with Gasteiger partial charge in [0.1, 0.15) is 17.2 Å². The van der Waals surface area contributed by atoms with Crippen LogP contribution < -0.4 is 20.1 Å². The van der Waals surface area contributed by atoms with E-state index in [1.54, 1.807) is 0 Å². The lowest BCUT2D eigenvalue weighted by Crippen LogP contribution is -2.13. The molecule has 0 aliphatic heterocycles. The standard InChI is InChI=1S/C23H26N2O2/c1-18(2)26-22-12-8-19(9-13-22)24-16-17-25-20-10-14-23(15-11-20)27-21-6-4-3-5-7-21/h3-15,18,24-25H,16-17H2,1-2H3. The number of rotatable bonds is 9. The summed E-state index contributed by atoms with van der Waals surface area (Å²) in [5.41, 5.74) is 2.15. The molecule has 0 bridgehead atoms. The Morgan fingerprint density at radius 3 is 1.63 bits per heavy atom. The highest BCUT2D eigenvalue weighted by Gasteiger charge is 1.99. The molecule has 2 N–H and O–H groups in total. The molecule has 4 heteroatoms. The van der Waals surface area contributed by atoms with Crippen molar-refractivity contribution < 1.29 is 9.47 Å². The molecule has 0 unspecified atom stereocenters. The number of benzene rings is 3. The molecule has 4 nitrogen and oxygen atoms in total. The summed E-state index contributed by atoms with van der Waals surface area (Å²) in [5.74, 6) is 2.56.